The van der Waals surface area contributed by atoms with Crippen LogP contribution >= 0.6 is 11.3 Å². The molecule has 0 saturated carbocycles. The number of nitrogens with one attached hydrogen (secondary N) is 2. The van der Waals surface area contributed by atoms with Crippen molar-refractivity contribution in [2.45, 2.75) is 44.4 Å². The number of thiazole rings is 1. The Balaban J connectivity index is 1.80. The van der Waals surface area contributed by atoms with Gasteiger partial charge >= 0.3 is 12.4 Å². The third-order valence-electron chi connectivity index (χ3n) is 5.00. The summed E-state index contributed by atoms with van der Waals surface area (Å²) in [7, 11) is 0. The monoisotopic (exact) mass is 521 g/mol. The molecule has 0 spiro atoms. The minimum atomic E-state index is -5.01. The van der Waals surface area contributed by atoms with E-state index in [1.54, 1.807) is 12.1 Å². The fourth-order valence-electron chi connectivity index (χ4n) is 3.16. The summed E-state index contributed by atoms with van der Waals surface area (Å²) in [5.41, 5.74) is -4.40. The number of hydrogen-bond donors (Lipinski definition) is 3. The van der Waals surface area contributed by atoms with E-state index in [4.69, 9.17) is 4.42 Å². The number of furan rings is 1. The topological polar surface area (TPSA) is 87.4 Å². The number of alkyl halides is 6. The largest absolute Gasteiger partial charge is 0.469 e. The van der Waals surface area contributed by atoms with Crippen molar-refractivity contribution in [3.63, 3.8) is 0 Å². The van der Waals surface area contributed by atoms with E-state index in [1.807, 2.05) is 0 Å². The predicted molar refractivity (Wildman–Crippen MR) is 114 cm³/mol. The van der Waals surface area contributed by atoms with Gasteiger partial charge in [-0.2, -0.15) is 26.3 Å². The molecule has 3 N–H and O–H groups in total. The molecule has 0 saturated heterocycles. The number of aromatic nitrogens is 1. The number of rotatable bonds is 8. The summed E-state index contributed by atoms with van der Waals surface area (Å²) < 4.78 is 84.9. The van der Waals surface area contributed by atoms with Crippen LogP contribution in [-0.2, 0) is 24.5 Å². The molecule has 0 aliphatic heterocycles. The van der Waals surface area contributed by atoms with Crippen LogP contribution in [0.25, 0.3) is 0 Å². The van der Waals surface area contributed by atoms with Crippen molar-refractivity contribution >= 4 is 17.2 Å². The van der Waals surface area contributed by atoms with Gasteiger partial charge in [0.25, 0.3) is 5.91 Å². The molecular formula is C22H21F6N3O3S. The normalized spacial score (nSPS) is 15.0. The Hall–Kier alpha value is -2.90. The van der Waals surface area contributed by atoms with E-state index in [9.17, 15) is 36.2 Å². The van der Waals surface area contributed by atoms with Gasteiger partial charge in [0.15, 0.2) is 11.4 Å². The average molecular weight is 521 g/mol. The zero-order valence-corrected chi connectivity index (χ0v) is 19.2. The number of carbonyl (C=O) groups excluding carboxylic acids is 1. The van der Waals surface area contributed by atoms with Gasteiger partial charge in [0.05, 0.1) is 17.9 Å². The summed E-state index contributed by atoms with van der Waals surface area (Å²) in [5.74, 6) is -0.593. The standard InChI is InChI=1S/C22H21F6N3O3S/c1-12(13-5-3-6-14(11-13)21(23,24)25)30-18(32)16-17(22(26,27)28)31-19(35-16)20(2,33)29-9-8-15-7-4-10-34-15/h3-7,10-12,29,33H,8-9H2,1-2H3,(H,30,32). The van der Waals surface area contributed by atoms with Gasteiger partial charge in [-0.15, -0.1) is 11.3 Å². The van der Waals surface area contributed by atoms with Crippen LogP contribution in [0.15, 0.2) is 47.1 Å². The number of amides is 1. The van der Waals surface area contributed by atoms with E-state index in [2.05, 4.69) is 15.6 Å². The van der Waals surface area contributed by atoms with E-state index in [-0.39, 0.29) is 12.1 Å². The fourth-order valence-corrected chi connectivity index (χ4v) is 4.17. The summed E-state index contributed by atoms with van der Waals surface area (Å²) >= 11 is 0.335. The molecule has 2 aromatic heterocycles. The van der Waals surface area contributed by atoms with Gasteiger partial charge in [-0.25, -0.2) is 4.98 Å². The molecule has 1 amide bonds. The van der Waals surface area contributed by atoms with Gasteiger partial charge in [-0.3, -0.25) is 10.1 Å². The lowest BCUT2D eigenvalue weighted by molar-refractivity contribution is -0.141. The highest BCUT2D eigenvalue weighted by Gasteiger charge is 2.42. The van der Waals surface area contributed by atoms with E-state index in [0.717, 1.165) is 18.2 Å². The molecule has 13 heteroatoms. The first kappa shape index (κ1) is 26.7. The third kappa shape index (κ3) is 6.61. The first-order valence-corrected chi connectivity index (χ1v) is 11.1. The van der Waals surface area contributed by atoms with Crippen LogP contribution in [0.2, 0.25) is 0 Å². The van der Waals surface area contributed by atoms with Crippen molar-refractivity contribution in [1.82, 2.24) is 15.6 Å². The lowest BCUT2D eigenvalue weighted by Gasteiger charge is -2.22. The Morgan fingerprint density at radius 3 is 2.46 bits per heavy atom. The summed E-state index contributed by atoms with van der Waals surface area (Å²) in [4.78, 5) is 15.4. The van der Waals surface area contributed by atoms with Crippen molar-refractivity contribution in [1.29, 1.82) is 0 Å². The first-order valence-electron chi connectivity index (χ1n) is 10.2. The average Bonchev–Trinajstić information content (AvgIpc) is 3.43. The van der Waals surface area contributed by atoms with Crippen molar-refractivity contribution in [3.05, 3.63) is 75.1 Å². The van der Waals surface area contributed by atoms with Crippen LogP contribution < -0.4 is 10.6 Å². The van der Waals surface area contributed by atoms with Gasteiger partial charge in [-0.1, -0.05) is 12.1 Å². The fraction of sp³-hybridized carbons (Fsp3) is 0.364. The van der Waals surface area contributed by atoms with Gasteiger partial charge in [0.1, 0.15) is 15.6 Å². The first-order chi connectivity index (χ1) is 16.2. The number of nitrogens with zero attached hydrogens (tertiary/aromatic N) is 1. The number of carbonyl (C=O) groups is 1. The Labute approximate surface area is 200 Å². The lowest BCUT2D eigenvalue weighted by Crippen LogP contribution is -2.40. The Morgan fingerprint density at radius 2 is 1.86 bits per heavy atom. The Kier molecular flexibility index (Phi) is 7.62. The summed E-state index contributed by atoms with van der Waals surface area (Å²) in [6.07, 6.45) is -7.84. The minimum Gasteiger partial charge on any atom is -0.469 e. The van der Waals surface area contributed by atoms with Gasteiger partial charge in [0.2, 0.25) is 0 Å². The number of hydrogen-bond acceptors (Lipinski definition) is 6. The van der Waals surface area contributed by atoms with Crippen LogP contribution in [0.5, 0.6) is 0 Å². The minimum absolute atomic E-state index is 0.0538. The molecule has 35 heavy (non-hydrogen) atoms. The smallest absolute Gasteiger partial charge is 0.435 e. The van der Waals surface area contributed by atoms with Crippen LogP contribution in [0.3, 0.4) is 0 Å². The summed E-state index contributed by atoms with van der Waals surface area (Å²) in [6, 6.07) is 6.42. The zero-order chi connectivity index (χ0) is 26.0. The molecule has 3 aromatic rings. The van der Waals surface area contributed by atoms with E-state index in [1.165, 1.54) is 26.2 Å². The molecular weight excluding hydrogens is 500 g/mol. The Morgan fingerprint density at radius 1 is 1.14 bits per heavy atom. The van der Waals surface area contributed by atoms with E-state index in [0.29, 0.717) is 23.5 Å². The van der Waals surface area contributed by atoms with Crippen LogP contribution in [0, 0.1) is 0 Å². The molecule has 190 valence electrons. The van der Waals surface area contributed by atoms with Crippen LogP contribution in [0.1, 0.15) is 57.1 Å². The molecule has 0 aliphatic rings. The van der Waals surface area contributed by atoms with E-state index < -0.39 is 51.2 Å². The van der Waals surface area contributed by atoms with Gasteiger partial charge in [0, 0.05) is 13.0 Å². The van der Waals surface area contributed by atoms with Crippen molar-refractivity contribution in [3.8, 4) is 0 Å². The molecule has 0 radical (unpaired) electrons. The maximum atomic E-state index is 13.6. The van der Waals surface area contributed by atoms with Crippen LogP contribution in [-0.4, -0.2) is 22.5 Å². The predicted octanol–water partition coefficient (Wildman–Crippen LogP) is 5.26. The third-order valence-corrected chi connectivity index (χ3v) is 6.27. The van der Waals surface area contributed by atoms with Crippen LogP contribution in [0.4, 0.5) is 26.3 Å². The van der Waals surface area contributed by atoms with Crippen molar-refractivity contribution in [2.75, 3.05) is 6.54 Å². The molecule has 0 aliphatic carbocycles. The second kappa shape index (κ2) is 9.99. The quantitative estimate of drug-likeness (QED) is 0.278. The van der Waals surface area contributed by atoms with Crippen molar-refractivity contribution < 1.29 is 40.7 Å². The highest BCUT2D eigenvalue weighted by Crippen LogP contribution is 2.37. The Bertz CT molecular complexity index is 1160. The molecule has 2 heterocycles. The highest BCUT2D eigenvalue weighted by molar-refractivity contribution is 7.14. The van der Waals surface area contributed by atoms with E-state index >= 15 is 0 Å². The molecule has 2 atom stereocenters. The van der Waals surface area contributed by atoms with Crippen molar-refractivity contribution in [2.24, 2.45) is 0 Å². The maximum absolute atomic E-state index is 13.6. The molecule has 1 aromatic carbocycles. The molecule has 3 rings (SSSR count). The second-order valence-electron chi connectivity index (χ2n) is 7.84. The maximum Gasteiger partial charge on any atom is 0.435 e. The lowest BCUT2D eigenvalue weighted by atomic mass is 10.0. The van der Waals surface area contributed by atoms with Gasteiger partial charge in [-0.05, 0) is 43.7 Å². The number of aliphatic hydroxyl groups is 1. The number of benzene rings is 1. The molecule has 0 fully saturated rings. The van der Waals surface area contributed by atoms with Gasteiger partial charge < -0.3 is 14.8 Å². The summed E-state index contributed by atoms with van der Waals surface area (Å²) in [5, 5.41) is 15.2. The highest BCUT2D eigenvalue weighted by atomic mass is 32.1. The summed E-state index contributed by atoms with van der Waals surface area (Å²) in [6.45, 7) is 2.67. The number of halogens is 6. The zero-order valence-electron chi connectivity index (χ0n) is 18.4. The molecule has 0 bridgehead atoms. The second-order valence-corrected chi connectivity index (χ2v) is 8.84. The molecule has 6 nitrogen and oxygen atoms in total. The SMILES string of the molecule is CC(NC(=O)c1sc(C(C)(O)NCCc2ccco2)nc1C(F)(F)F)c1cccc(C(F)(F)F)c1. The molecule has 2 unspecified atom stereocenters.